The first kappa shape index (κ1) is 17.8. The number of nitrogens with two attached hydrogens (primary N) is 2. The number of aromatic nitrogens is 1. The summed E-state index contributed by atoms with van der Waals surface area (Å²) in [6, 6.07) is 15.6. The van der Waals surface area contributed by atoms with Crippen molar-refractivity contribution in [1.82, 2.24) is 4.98 Å². The van der Waals surface area contributed by atoms with E-state index in [-0.39, 0.29) is 12.4 Å². The second-order valence-electron chi connectivity index (χ2n) is 5.30. The summed E-state index contributed by atoms with van der Waals surface area (Å²) in [4.78, 5) is 14.6. The molecular weight excluding hydrogens is 326 g/mol. The SMILES string of the molecule is Cl.NCCCOc1ccc(-c2ccccc2)c2[nH]c(C(N)=O)cc12. The van der Waals surface area contributed by atoms with Crippen molar-refractivity contribution >= 4 is 29.2 Å². The van der Waals surface area contributed by atoms with Crippen molar-refractivity contribution in [2.24, 2.45) is 11.5 Å². The third kappa shape index (κ3) is 3.53. The van der Waals surface area contributed by atoms with Gasteiger partial charge in [0.25, 0.3) is 5.91 Å². The number of carbonyl (C=O) groups is 1. The fourth-order valence-electron chi connectivity index (χ4n) is 2.58. The van der Waals surface area contributed by atoms with Crippen LogP contribution in [0.25, 0.3) is 22.0 Å². The number of H-pyrrole nitrogens is 1. The van der Waals surface area contributed by atoms with Gasteiger partial charge in [-0.25, -0.2) is 0 Å². The largest absolute Gasteiger partial charge is 0.493 e. The van der Waals surface area contributed by atoms with Gasteiger partial charge in [0.05, 0.1) is 12.1 Å². The Labute approximate surface area is 146 Å². The summed E-state index contributed by atoms with van der Waals surface area (Å²) >= 11 is 0. The van der Waals surface area contributed by atoms with Crippen molar-refractivity contribution in [3.63, 3.8) is 0 Å². The lowest BCUT2D eigenvalue weighted by molar-refractivity contribution is 0.0996. The molecule has 0 bridgehead atoms. The Kier molecular flexibility index (Phi) is 5.84. The van der Waals surface area contributed by atoms with Crippen LogP contribution in [-0.2, 0) is 0 Å². The fraction of sp³-hybridized carbons (Fsp3) is 0.167. The van der Waals surface area contributed by atoms with E-state index in [0.717, 1.165) is 34.2 Å². The number of ether oxygens (including phenoxy) is 1. The molecule has 0 atom stereocenters. The molecule has 3 aromatic rings. The van der Waals surface area contributed by atoms with Crippen LogP contribution in [-0.4, -0.2) is 24.0 Å². The number of nitrogens with one attached hydrogen (secondary N) is 1. The van der Waals surface area contributed by atoms with Gasteiger partial charge in [0, 0.05) is 10.9 Å². The normalized spacial score (nSPS) is 10.4. The maximum Gasteiger partial charge on any atom is 0.265 e. The molecule has 5 N–H and O–H groups in total. The molecule has 0 saturated heterocycles. The number of aromatic amines is 1. The maximum absolute atomic E-state index is 11.5. The molecule has 6 heteroatoms. The van der Waals surface area contributed by atoms with Crippen LogP contribution in [0.5, 0.6) is 5.75 Å². The Morgan fingerprint density at radius 3 is 2.54 bits per heavy atom. The predicted octanol–water partition coefficient (Wildman–Crippen LogP) is 3.08. The topological polar surface area (TPSA) is 94.1 Å². The van der Waals surface area contributed by atoms with Gasteiger partial charge in [0.15, 0.2) is 0 Å². The molecule has 0 aliphatic heterocycles. The third-order valence-electron chi connectivity index (χ3n) is 3.71. The number of primary amides is 1. The van der Waals surface area contributed by atoms with Crippen LogP contribution in [0, 0.1) is 0 Å². The van der Waals surface area contributed by atoms with Gasteiger partial charge < -0.3 is 21.2 Å². The minimum atomic E-state index is -0.492. The smallest absolute Gasteiger partial charge is 0.265 e. The van der Waals surface area contributed by atoms with E-state index in [4.69, 9.17) is 16.2 Å². The number of benzene rings is 2. The summed E-state index contributed by atoms with van der Waals surface area (Å²) in [5, 5.41) is 0.845. The van der Waals surface area contributed by atoms with Gasteiger partial charge >= 0.3 is 0 Å². The second-order valence-corrected chi connectivity index (χ2v) is 5.30. The third-order valence-corrected chi connectivity index (χ3v) is 3.71. The molecule has 0 fully saturated rings. The Morgan fingerprint density at radius 2 is 1.88 bits per heavy atom. The van der Waals surface area contributed by atoms with Gasteiger partial charge in [-0.15, -0.1) is 12.4 Å². The van der Waals surface area contributed by atoms with Crippen molar-refractivity contribution in [3.8, 4) is 16.9 Å². The fourth-order valence-corrected chi connectivity index (χ4v) is 2.58. The predicted molar refractivity (Wildman–Crippen MR) is 98.7 cm³/mol. The van der Waals surface area contributed by atoms with E-state index in [2.05, 4.69) is 4.98 Å². The van der Waals surface area contributed by atoms with Gasteiger partial charge in [-0.1, -0.05) is 30.3 Å². The maximum atomic E-state index is 11.5. The summed E-state index contributed by atoms with van der Waals surface area (Å²) in [7, 11) is 0. The van der Waals surface area contributed by atoms with Crippen LogP contribution in [0.15, 0.2) is 48.5 Å². The number of hydrogen-bond acceptors (Lipinski definition) is 3. The van der Waals surface area contributed by atoms with E-state index in [9.17, 15) is 4.79 Å². The Balaban J connectivity index is 0.00000208. The van der Waals surface area contributed by atoms with Gasteiger partial charge in [-0.2, -0.15) is 0 Å². The van der Waals surface area contributed by atoms with Crippen molar-refractivity contribution in [2.45, 2.75) is 6.42 Å². The Hall–Kier alpha value is -2.50. The van der Waals surface area contributed by atoms with E-state index in [1.54, 1.807) is 6.07 Å². The number of hydrogen-bond donors (Lipinski definition) is 3. The summed E-state index contributed by atoms with van der Waals surface area (Å²) < 4.78 is 5.79. The lowest BCUT2D eigenvalue weighted by Gasteiger charge is -2.10. The minimum absolute atomic E-state index is 0. The molecule has 0 spiro atoms. The minimum Gasteiger partial charge on any atom is -0.493 e. The highest BCUT2D eigenvalue weighted by atomic mass is 35.5. The molecule has 0 aliphatic rings. The van der Waals surface area contributed by atoms with Crippen molar-refractivity contribution < 1.29 is 9.53 Å². The van der Waals surface area contributed by atoms with E-state index in [1.807, 2.05) is 42.5 Å². The highest BCUT2D eigenvalue weighted by molar-refractivity contribution is 6.04. The quantitative estimate of drug-likeness (QED) is 0.599. The average molecular weight is 346 g/mol. The molecule has 1 aromatic heterocycles. The zero-order chi connectivity index (χ0) is 16.2. The number of carbonyl (C=O) groups excluding carboxylic acids is 1. The second kappa shape index (κ2) is 7.86. The molecule has 0 radical (unpaired) electrons. The number of amides is 1. The Bertz CT molecular complexity index is 831. The molecular formula is C18H20ClN3O2. The van der Waals surface area contributed by atoms with Crippen LogP contribution < -0.4 is 16.2 Å². The molecule has 1 amide bonds. The monoisotopic (exact) mass is 345 g/mol. The number of rotatable bonds is 6. The standard InChI is InChI=1S/C18H19N3O2.ClH/c19-9-4-10-23-16-8-7-13(12-5-2-1-3-6-12)17-14(16)11-15(21-17)18(20)22;/h1-3,5-8,11,21H,4,9-10,19H2,(H2,20,22);1H. The first-order valence-electron chi connectivity index (χ1n) is 7.54. The van der Waals surface area contributed by atoms with Gasteiger partial charge in [-0.05, 0) is 36.7 Å². The molecule has 0 saturated carbocycles. The lowest BCUT2D eigenvalue weighted by atomic mass is 10.0. The van der Waals surface area contributed by atoms with Crippen LogP contribution in [0.3, 0.4) is 0 Å². The zero-order valence-corrected chi connectivity index (χ0v) is 13.9. The summed E-state index contributed by atoms with van der Waals surface area (Å²) in [6.45, 7) is 1.11. The lowest BCUT2D eigenvalue weighted by Crippen LogP contribution is -2.10. The molecule has 0 aliphatic carbocycles. The highest BCUT2D eigenvalue weighted by Crippen LogP contribution is 2.34. The summed E-state index contributed by atoms with van der Waals surface area (Å²) in [6.07, 6.45) is 0.773. The van der Waals surface area contributed by atoms with Crippen LogP contribution in [0.4, 0.5) is 0 Å². The van der Waals surface area contributed by atoms with Gasteiger partial charge in [0.1, 0.15) is 11.4 Å². The average Bonchev–Trinajstić information content (AvgIpc) is 3.02. The molecule has 126 valence electrons. The van der Waals surface area contributed by atoms with Crippen molar-refractivity contribution in [2.75, 3.05) is 13.2 Å². The van der Waals surface area contributed by atoms with Gasteiger partial charge in [0.2, 0.25) is 0 Å². The molecule has 24 heavy (non-hydrogen) atoms. The van der Waals surface area contributed by atoms with Gasteiger partial charge in [-0.3, -0.25) is 4.79 Å². The molecule has 1 heterocycles. The van der Waals surface area contributed by atoms with E-state index in [1.165, 1.54) is 0 Å². The molecule has 5 nitrogen and oxygen atoms in total. The number of halogens is 1. The molecule has 2 aromatic carbocycles. The zero-order valence-electron chi connectivity index (χ0n) is 13.1. The summed E-state index contributed by atoms with van der Waals surface area (Å²) in [5.41, 5.74) is 14.2. The van der Waals surface area contributed by atoms with Crippen molar-refractivity contribution in [1.29, 1.82) is 0 Å². The van der Waals surface area contributed by atoms with E-state index in [0.29, 0.717) is 18.8 Å². The van der Waals surface area contributed by atoms with E-state index < -0.39 is 5.91 Å². The molecule has 0 unspecified atom stereocenters. The first-order chi connectivity index (χ1) is 11.2. The van der Waals surface area contributed by atoms with Crippen LogP contribution >= 0.6 is 12.4 Å². The Morgan fingerprint density at radius 1 is 1.12 bits per heavy atom. The number of fused-ring (bicyclic) bond motifs is 1. The van der Waals surface area contributed by atoms with E-state index >= 15 is 0 Å². The highest BCUT2D eigenvalue weighted by Gasteiger charge is 2.14. The van der Waals surface area contributed by atoms with Crippen LogP contribution in [0.1, 0.15) is 16.9 Å². The van der Waals surface area contributed by atoms with Crippen molar-refractivity contribution in [3.05, 3.63) is 54.2 Å². The summed E-state index contributed by atoms with van der Waals surface area (Å²) in [5.74, 6) is 0.227. The first-order valence-corrected chi connectivity index (χ1v) is 7.54. The molecule has 3 rings (SSSR count). The van der Waals surface area contributed by atoms with Crippen LogP contribution in [0.2, 0.25) is 0 Å².